The molecule has 1 N–H and O–H groups in total. The van der Waals surface area contributed by atoms with Crippen molar-refractivity contribution in [3.05, 3.63) is 29.3 Å². The lowest BCUT2D eigenvalue weighted by Gasteiger charge is -2.29. The lowest BCUT2D eigenvalue weighted by Crippen LogP contribution is -2.29. The summed E-state index contributed by atoms with van der Waals surface area (Å²) in [6.45, 7) is 3.80. The molecule has 0 spiro atoms. The van der Waals surface area contributed by atoms with Crippen molar-refractivity contribution >= 4 is 0 Å². The Hall–Kier alpha value is -1.06. The molecule has 3 heteroatoms. The Kier molecular flexibility index (Phi) is 4.83. The third-order valence-electron chi connectivity index (χ3n) is 3.89. The van der Waals surface area contributed by atoms with Gasteiger partial charge in [0, 0.05) is 13.5 Å². The second kappa shape index (κ2) is 6.40. The molecular formula is C16H24O3. The van der Waals surface area contributed by atoms with Gasteiger partial charge in [0.1, 0.15) is 11.9 Å². The van der Waals surface area contributed by atoms with E-state index < -0.39 is 6.10 Å². The van der Waals surface area contributed by atoms with E-state index in [1.165, 1.54) is 0 Å². The largest absolute Gasteiger partial charge is 0.490 e. The average molecular weight is 264 g/mol. The second-order valence-corrected chi connectivity index (χ2v) is 5.47. The maximum Gasteiger partial charge on any atom is 0.122 e. The molecule has 2 rings (SSSR count). The van der Waals surface area contributed by atoms with Crippen LogP contribution in [-0.4, -0.2) is 24.4 Å². The van der Waals surface area contributed by atoms with Crippen molar-refractivity contribution in [3.8, 4) is 5.75 Å². The van der Waals surface area contributed by atoms with Gasteiger partial charge < -0.3 is 14.6 Å². The lowest BCUT2D eigenvalue weighted by molar-refractivity contribution is 0.0207. The molecule has 0 amide bonds. The Morgan fingerprint density at radius 2 is 2.00 bits per heavy atom. The Morgan fingerprint density at radius 3 is 2.63 bits per heavy atom. The normalized spacial score (nSPS) is 25.1. The van der Waals surface area contributed by atoms with Crippen molar-refractivity contribution in [2.45, 2.75) is 57.8 Å². The van der Waals surface area contributed by atoms with Gasteiger partial charge in [-0.2, -0.15) is 0 Å². The maximum atomic E-state index is 9.57. The van der Waals surface area contributed by atoms with Crippen LogP contribution in [0.5, 0.6) is 5.75 Å². The first-order chi connectivity index (χ1) is 9.10. The Morgan fingerprint density at radius 1 is 1.26 bits per heavy atom. The molecule has 1 aromatic carbocycles. The minimum absolute atomic E-state index is 0.245. The van der Waals surface area contributed by atoms with Gasteiger partial charge in [-0.05, 0) is 56.4 Å². The minimum atomic E-state index is -0.430. The monoisotopic (exact) mass is 264 g/mol. The lowest BCUT2D eigenvalue weighted by atomic mass is 9.94. The third-order valence-corrected chi connectivity index (χ3v) is 3.89. The van der Waals surface area contributed by atoms with Gasteiger partial charge in [-0.3, -0.25) is 0 Å². The van der Waals surface area contributed by atoms with E-state index in [1.54, 1.807) is 14.0 Å². The third kappa shape index (κ3) is 3.71. The second-order valence-electron chi connectivity index (χ2n) is 5.47. The molecule has 19 heavy (non-hydrogen) atoms. The zero-order valence-corrected chi connectivity index (χ0v) is 12.1. The number of methoxy groups -OCH3 is 1. The van der Waals surface area contributed by atoms with Gasteiger partial charge in [0.25, 0.3) is 0 Å². The summed E-state index contributed by atoms with van der Waals surface area (Å²) in [5, 5.41) is 9.57. The van der Waals surface area contributed by atoms with E-state index in [4.69, 9.17) is 9.47 Å². The molecule has 1 aromatic rings. The summed E-state index contributed by atoms with van der Waals surface area (Å²) in [7, 11) is 1.77. The van der Waals surface area contributed by atoms with Crippen molar-refractivity contribution in [2.24, 2.45) is 0 Å². The predicted molar refractivity (Wildman–Crippen MR) is 75.5 cm³/mol. The fraction of sp³-hybridized carbons (Fsp3) is 0.625. The van der Waals surface area contributed by atoms with Gasteiger partial charge in [-0.25, -0.2) is 0 Å². The maximum absolute atomic E-state index is 9.57. The molecule has 0 heterocycles. The predicted octanol–water partition coefficient (Wildman–Crippen LogP) is 3.38. The van der Waals surface area contributed by atoms with Crippen molar-refractivity contribution < 1.29 is 14.6 Å². The number of hydrogen-bond acceptors (Lipinski definition) is 3. The van der Waals surface area contributed by atoms with Crippen LogP contribution in [0.3, 0.4) is 0 Å². The zero-order valence-electron chi connectivity index (χ0n) is 12.1. The van der Waals surface area contributed by atoms with Crippen LogP contribution in [0.2, 0.25) is 0 Å². The zero-order chi connectivity index (χ0) is 13.8. The number of aryl methyl sites for hydroxylation is 1. The SMILES string of the molecule is COC1CCCC(Oc2ccc([C@@H](C)O)cc2C)C1. The van der Waals surface area contributed by atoms with Crippen molar-refractivity contribution in [2.75, 3.05) is 7.11 Å². The summed E-state index contributed by atoms with van der Waals surface area (Å²) in [5.41, 5.74) is 2.02. The van der Waals surface area contributed by atoms with Gasteiger partial charge >= 0.3 is 0 Å². The molecule has 0 saturated heterocycles. The highest BCUT2D eigenvalue weighted by Gasteiger charge is 2.23. The van der Waals surface area contributed by atoms with E-state index in [0.29, 0.717) is 6.10 Å². The summed E-state index contributed by atoms with van der Waals surface area (Å²) < 4.78 is 11.5. The molecule has 106 valence electrons. The summed E-state index contributed by atoms with van der Waals surface area (Å²) in [5.74, 6) is 0.922. The van der Waals surface area contributed by atoms with Crippen LogP contribution in [-0.2, 0) is 4.74 Å². The fourth-order valence-electron chi connectivity index (χ4n) is 2.67. The van der Waals surface area contributed by atoms with Crippen LogP contribution in [0.25, 0.3) is 0 Å². The number of aliphatic hydroxyl groups is 1. The quantitative estimate of drug-likeness (QED) is 0.906. The highest BCUT2D eigenvalue weighted by Crippen LogP contribution is 2.28. The van der Waals surface area contributed by atoms with Crippen LogP contribution in [0.1, 0.15) is 49.8 Å². The van der Waals surface area contributed by atoms with Crippen molar-refractivity contribution in [1.29, 1.82) is 0 Å². The van der Waals surface area contributed by atoms with Crippen LogP contribution in [0.4, 0.5) is 0 Å². The van der Waals surface area contributed by atoms with Crippen LogP contribution in [0, 0.1) is 6.92 Å². The van der Waals surface area contributed by atoms with Crippen LogP contribution >= 0.6 is 0 Å². The number of benzene rings is 1. The molecule has 0 radical (unpaired) electrons. The molecular weight excluding hydrogens is 240 g/mol. The van der Waals surface area contributed by atoms with Crippen molar-refractivity contribution in [3.63, 3.8) is 0 Å². The molecule has 3 nitrogen and oxygen atoms in total. The minimum Gasteiger partial charge on any atom is -0.490 e. The highest BCUT2D eigenvalue weighted by molar-refractivity contribution is 5.37. The molecule has 0 bridgehead atoms. The number of hydrogen-bond donors (Lipinski definition) is 1. The molecule has 3 atom stereocenters. The first-order valence-corrected chi connectivity index (χ1v) is 7.08. The van der Waals surface area contributed by atoms with E-state index >= 15 is 0 Å². The van der Waals surface area contributed by atoms with Gasteiger partial charge in [0.2, 0.25) is 0 Å². The topological polar surface area (TPSA) is 38.7 Å². The molecule has 1 saturated carbocycles. The van der Waals surface area contributed by atoms with E-state index in [9.17, 15) is 5.11 Å². The van der Waals surface area contributed by atoms with E-state index in [-0.39, 0.29) is 6.10 Å². The van der Waals surface area contributed by atoms with Gasteiger partial charge in [-0.15, -0.1) is 0 Å². The highest BCUT2D eigenvalue weighted by atomic mass is 16.5. The summed E-state index contributed by atoms with van der Waals surface area (Å²) in [6.07, 6.45) is 4.50. The number of ether oxygens (including phenoxy) is 2. The summed E-state index contributed by atoms with van der Waals surface area (Å²) in [6, 6.07) is 5.90. The van der Waals surface area contributed by atoms with Crippen molar-refractivity contribution in [1.82, 2.24) is 0 Å². The fourth-order valence-corrected chi connectivity index (χ4v) is 2.67. The van der Waals surface area contributed by atoms with E-state index in [2.05, 4.69) is 0 Å². The molecule has 1 fully saturated rings. The van der Waals surface area contributed by atoms with Crippen LogP contribution < -0.4 is 4.74 Å². The number of aliphatic hydroxyl groups excluding tert-OH is 1. The van der Waals surface area contributed by atoms with Gasteiger partial charge in [0.15, 0.2) is 0 Å². The van der Waals surface area contributed by atoms with E-state index in [1.807, 2.05) is 25.1 Å². The van der Waals surface area contributed by atoms with E-state index in [0.717, 1.165) is 42.6 Å². The molecule has 1 aliphatic rings. The molecule has 0 aromatic heterocycles. The first-order valence-electron chi connectivity index (χ1n) is 7.08. The Bertz CT molecular complexity index is 414. The smallest absolute Gasteiger partial charge is 0.122 e. The standard InChI is InChI=1S/C16H24O3/c1-11-9-13(12(2)17)7-8-16(11)19-15-6-4-5-14(10-15)18-3/h7-9,12,14-15,17H,4-6,10H2,1-3H3/t12-,14?,15?/m1/s1. The van der Waals surface area contributed by atoms with Gasteiger partial charge in [0.05, 0.1) is 12.2 Å². The average Bonchev–Trinajstić information content (AvgIpc) is 2.41. The molecule has 2 unspecified atom stereocenters. The molecule has 0 aliphatic heterocycles. The summed E-state index contributed by atoms with van der Waals surface area (Å²) in [4.78, 5) is 0. The molecule has 1 aliphatic carbocycles. The van der Waals surface area contributed by atoms with Gasteiger partial charge in [-0.1, -0.05) is 6.07 Å². The first kappa shape index (κ1) is 14.4. The van der Waals surface area contributed by atoms with Crippen LogP contribution in [0.15, 0.2) is 18.2 Å². The number of rotatable bonds is 4. The summed E-state index contributed by atoms with van der Waals surface area (Å²) >= 11 is 0. The Balaban J connectivity index is 2.02. The Labute approximate surface area is 115 Å².